The van der Waals surface area contributed by atoms with Crippen LogP contribution in [0.2, 0.25) is 0 Å². The summed E-state index contributed by atoms with van der Waals surface area (Å²) in [5, 5.41) is 0. The maximum absolute atomic E-state index is 12.2. The lowest BCUT2D eigenvalue weighted by molar-refractivity contribution is 0.0488. The second-order valence-electron chi connectivity index (χ2n) is 8.68. The Kier molecular flexibility index (Phi) is 13.4. The second-order valence-corrected chi connectivity index (χ2v) is 8.68. The molecule has 4 nitrogen and oxygen atoms in total. The molecule has 0 aromatic heterocycles. The zero-order valence-electron chi connectivity index (χ0n) is 20.9. The van der Waals surface area contributed by atoms with Crippen LogP contribution in [-0.2, 0) is 9.47 Å². The van der Waals surface area contributed by atoms with Crippen LogP contribution in [0.1, 0.15) is 110 Å². The van der Waals surface area contributed by atoms with Crippen LogP contribution >= 0.6 is 0 Å². The molecule has 0 bridgehead atoms. The van der Waals surface area contributed by atoms with Gasteiger partial charge in [0.25, 0.3) is 0 Å². The van der Waals surface area contributed by atoms with Gasteiger partial charge in [-0.25, -0.2) is 9.59 Å². The molecule has 184 valence electrons. The third-order valence-electron chi connectivity index (χ3n) is 5.72. The summed E-state index contributed by atoms with van der Waals surface area (Å²) in [6.45, 7) is 5.33. The number of benzene rings is 2. The van der Waals surface area contributed by atoms with Crippen LogP contribution < -0.4 is 0 Å². The number of esters is 2. The molecule has 2 aromatic carbocycles. The number of carbonyl (C=O) groups is 2. The van der Waals surface area contributed by atoms with Crippen molar-refractivity contribution in [1.82, 2.24) is 0 Å². The van der Waals surface area contributed by atoms with E-state index < -0.39 is 0 Å². The largest absolute Gasteiger partial charge is 0.462 e. The Balaban J connectivity index is 1.75. The van der Waals surface area contributed by atoms with E-state index in [1.165, 1.54) is 38.5 Å². The van der Waals surface area contributed by atoms with E-state index in [0.29, 0.717) is 24.3 Å². The van der Waals surface area contributed by atoms with E-state index >= 15 is 0 Å². The van der Waals surface area contributed by atoms with E-state index in [0.717, 1.165) is 36.8 Å². The Hall–Kier alpha value is -2.88. The first-order valence-corrected chi connectivity index (χ1v) is 12.9. The molecule has 2 aromatic rings. The van der Waals surface area contributed by atoms with E-state index in [4.69, 9.17) is 9.47 Å². The van der Waals surface area contributed by atoms with Crippen molar-refractivity contribution in [2.24, 2.45) is 0 Å². The van der Waals surface area contributed by atoms with Gasteiger partial charge in [-0.15, -0.1) is 0 Å². The van der Waals surface area contributed by atoms with E-state index in [1.807, 2.05) is 36.4 Å². The summed E-state index contributed by atoms with van der Waals surface area (Å²) in [7, 11) is 0. The van der Waals surface area contributed by atoms with Crippen LogP contribution in [0.25, 0.3) is 12.2 Å². The Morgan fingerprint density at radius 3 is 1.26 bits per heavy atom. The maximum atomic E-state index is 12.2. The van der Waals surface area contributed by atoms with Crippen molar-refractivity contribution in [1.29, 1.82) is 0 Å². The molecule has 0 aliphatic rings. The third-order valence-corrected chi connectivity index (χ3v) is 5.72. The molecule has 0 heterocycles. The topological polar surface area (TPSA) is 52.6 Å². The average molecular weight is 465 g/mol. The van der Waals surface area contributed by atoms with Gasteiger partial charge >= 0.3 is 11.9 Å². The number of carbonyl (C=O) groups excluding carboxylic acids is 2. The quantitative estimate of drug-likeness (QED) is 0.143. The number of unbranched alkanes of at least 4 members (excludes halogenated alkanes) is 8. The van der Waals surface area contributed by atoms with Gasteiger partial charge in [0.15, 0.2) is 0 Å². The number of ether oxygens (including phenoxy) is 2. The monoisotopic (exact) mass is 464 g/mol. The second kappa shape index (κ2) is 16.7. The van der Waals surface area contributed by atoms with Gasteiger partial charge in [0.1, 0.15) is 0 Å². The van der Waals surface area contributed by atoms with Gasteiger partial charge in [0.2, 0.25) is 0 Å². The Bertz CT molecular complexity index is 792. The summed E-state index contributed by atoms with van der Waals surface area (Å²) in [5.74, 6) is -0.538. The van der Waals surface area contributed by atoms with E-state index in [-0.39, 0.29) is 11.9 Å². The minimum absolute atomic E-state index is 0.269. The molecule has 0 spiro atoms. The van der Waals surface area contributed by atoms with E-state index in [9.17, 15) is 9.59 Å². The van der Waals surface area contributed by atoms with Gasteiger partial charge in [-0.3, -0.25) is 0 Å². The van der Waals surface area contributed by atoms with Gasteiger partial charge in [0, 0.05) is 0 Å². The molecule has 0 saturated carbocycles. The lowest BCUT2D eigenvalue weighted by atomic mass is 10.1. The molecule has 0 atom stereocenters. The summed E-state index contributed by atoms with van der Waals surface area (Å²) in [6.07, 6.45) is 15.3. The standard InChI is InChI=1S/C30H40O4/c1-3-5-7-9-11-23-33-29(31)27-19-15-25(16-20-27)13-14-26-17-21-28(22-18-26)30(32)34-24-12-10-8-6-4-2/h13-22H,3-12,23-24H2,1-2H3/b14-13+. The Morgan fingerprint density at radius 2 is 0.912 bits per heavy atom. The van der Waals surface area contributed by atoms with Crippen molar-refractivity contribution >= 4 is 24.1 Å². The van der Waals surface area contributed by atoms with Gasteiger partial charge < -0.3 is 9.47 Å². The Morgan fingerprint density at radius 1 is 0.559 bits per heavy atom. The highest BCUT2D eigenvalue weighted by Gasteiger charge is 2.07. The highest BCUT2D eigenvalue weighted by molar-refractivity contribution is 5.90. The first kappa shape index (κ1) is 27.4. The van der Waals surface area contributed by atoms with Crippen LogP contribution in [0.3, 0.4) is 0 Å². The molecule has 0 amide bonds. The minimum atomic E-state index is -0.269. The molecule has 0 aliphatic carbocycles. The van der Waals surface area contributed by atoms with Crippen LogP contribution in [0, 0.1) is 0 Å². The molecule has 0 radical (unpaired) electrons. The molecular formula is C30H40O4. The normalized spacial score (nSPS) is 11.0. The summed E-state index contributed by atoms with van der Waals surface area (Å²) in [4.78, 5) is 24.3. The van der Waals surface area contributed by atoms with Crippen LogP contribution in [0.5, 0.6) is 0 Å². The molecule has 2 rings (SSSR count). The van der Waals surface area contributed by atoms with Crippen LogP contribution in [0.4, 0.5) is 0 Å². The van der Waals surface area contributed by atoms with Gasteiger partial charge in [-0.1, -0.05) is 102 Å². The molecule has 0 saturated heterocycles. The van der Waals surface area contributed by atoms with Crippen molar-refractivity contribution in [3.63, 3.8) is 0 Å². The summed E-state index contributed by atoms with van der Waals surface area (Å²) in [6, 6.07) is 14.8. The zero-order chi connectivity index (χ0) is 24.4. The Labute approximate surface area is 205 Å². The lowest BCUT2D eigenvalue weighted by Crippen LogP contribution is -2.06. The van der Waals surface area contributed by atoms with Gasteiger partial charge in [0.05, 0.1) is 24.3 Å². The summed E-state index contributed by atoms with van der Waals surface area (Å²) >= 11 is 0. The molecule has 0 unspecified atom stereocenters. The van der Waals surface area contributed by atoms with Crippen molar-refractivity contribution in [3.8, 4) is 0 Å². The molecule has 0 fully saturated rings. The fourth-order valence-corrected chi connectivity index (χ4v) is 3.56. The predicted octanol–water partition coefficient (Wildman–Crippen LogP) is 8.11. The summed E-state index contributed by atoms with van der Waals surface area (Å²) in [5.41, 5.74) is 3.11. The van der Waals surface area contributed by atoms with Crippen molar-refractivity contribution in [2.75, 3.05) is 13.2 Å². The highest BCUT2D eigenvalue weighted by atomic mass is 16.5. The SMILES string of the molecule is CCCCCCCOC(=O)c1ccc(/C=C/c2ccc(C(=O)OCCCCCCC)cc2)cc1. The van der Waals surface area contributed by atoms with E-state index in [1.54, 1.807) is 24.3 Å². The fourth-order valence-electron chi connectivity index (χ4n) is 3.56. The van der Waals surface area contributed by atoms with Crippen LogP contribution in [-0.4, -0.2) is 25.2 Å². The highest BCUT2D eigenvalue weighted by Crippen LogP contribution is 2.13. The first-order valence-electron chi connectivity index (χ1n) is 12.9. The maximum Gasteiger partial charge on any atom is 0.338 e. The molecular weight excluding hydrogens is 424 g/mol. The van der Waals surface area contributed by atoms with Crippen molar-refractivity contribution in [3.05, 3.63) is 70.8 Å². The molecule has 0 aliphatic heterocycles. The fraction of sp³-hybridized carbons (Fsp3) is 0.467. The third kappa shape index (κ3) is 10.8. The minimum Gasteiger partial charge on any atom is -0.462 e. The number of hydrogen-bond donors (Lipinski definition) is 0. The predicted molar refractivity (Wildman–Crippen MR) is 140 cm³/mol. The van der Waals surface area contributed by atoms with Gasteiger partial charge in [-0.05, 0) is 48.2 Å². The number of rotatable bonds is 16. The molecule has 0 N–H and O–H groups in total. The van der Waals surface area contributed by atoms with Crippen molar-refractivity contribution < 1.29 is 19.1 Å². The lowest BCUT2D eigenvalue weighted by Gasteiger charge is -2.05. The first-order chi connectivity index (χ1) is 16.6. The van der Waals surface area contributed by atoms with Crippen LogP contribution in [0.15, 0.2) is 48.5 Å². The number of hydrogen-bond acceptors (Lipinski definition) is 4. The van der Waals surface area contributed by atoms with E-state index in [2.05, 4.69) is 13.8 Å². The van der Waals surface area contributed by atoms with Gasteiger partial charge in [-0.2, -0.15) is 0 Å². The molecule has 34 heavy (non-hydrogen) atoms. The summed E-state index contributed by atoms with van der Waals surface area (Å²) < 4.78 is 10.7. The smallest absolute Gasteiger partial charge is 0.338 e. The zero-order valence-corrected chi connectivity index (χ0v) is 20.9. The van der Waals surface area contributed by atoms with Crippen molar-refractivity contribution in [2.45, 2.75) is 78.1 Å². The average Bonchev–Trinajstić information content (AvgIpc) is 2.87. The molecule has 4 heteroatoms.